The molecule has 1 heterocycles. The molecule has 3 heteroatoms. The second-order valence-corrected chi connectivity index (χ2v) is 3.71. The molecule has 0 saturated heterocycles. The summed E-state index contributed by atoms with van der Waals surface area (Å²) in [4.78, 5) is 0. The fourth-order valence-electron chi connectivity index (χ4n) is 0.877. The summed E-state index contributed by atoms with van der Waals surface area (Å²) in [5.41, 5.74) is 0. The first kappa shape index (κ1) is 9.55. The molecule has 0 spiro atoms. The van der Waals surface area contributed by atoms with Crippen LogP contribution >= 0.6 is 15.9 Å². The van der Waals surface area contributed by atoms with Gasteiger partial charge in [-0.2, -0.15) is 0 Å². The van der Waals surface area contributed by atoms with Gasteiger partial charge < -0.3 is 9.52 Å². The average Bonchev–Trinajstić information content (AvgIpc) is 2.53. The topological polar surface area (TPSA) is 33.4 Å². The Morgan fingerprint density at radius 1 is 1.75 bits per heavy atom. The summed E-state index contributed by atoms with van der Waals surface area (Å²) >= 11 is 3.23. The van der Waals surface area contributed by atoms with E-state index in [1.807, 2.05) is 6.92 Å². The summed E-state index contributed by atoms with van der Waals surface area (Å²) < 4.78 is 5.82. The van der Waals surface area contributed by atoms with Gasteiger partial charge >= 0.3 is 0 Å². The molecule has 0 saturated carbocycles. The zero-order chi connectivity index (χ0) is 9.14. The lowest BCUT2D eigenvalue weighted by Gasteiger charge is -2.14. The van der Waals surface area contributed by atoms with Crippen molar-refractivity contribution >= 4 is 15.9 Å². The molecule has 0 aliphatic heterocycles. The van der Waals surface area contributed by atoms with Crippen LogP contribution in [0.15, 0.2) is 33.9 Å². The van der Waals surface area contributed by atoms with Gasteiger partial charge in [-0.25, -0.2) is 0 Å². The van der Waals surface area contributed by atoms with Crippen molar-refractivity contribution in [2.75, 3.05) is 0 Å². The summed E-state index contributed by atoms with van der Waals surface area (Å²) in [6.45, 7) is 5.58. The van der Waals surface area contributed by atoms with Gasteiger partial charge in [0.1, 0.15) is 11.9 Å². The Morgan fingerprint density at radius 2 is 2.42 bits per heavy atom. The van der Waals surface area contributed by atoms with Gasteiger partial charge in [-0.3, -0.25) is 0 Å². The van der Waals surface area contributed by atoms with Crippen LogP contribution in [0.3, 0.4) is 0 Å². The van der Waals surface area contributed by atoms with Crippen molar-refractivity contribution in [3.8, 4) is 0 Å². The SMILES string of the molecule is C=C(Br)[C@@H](C)[C@H](O)c1ccco1. The highest BCUT2D eigenvalue weighted by atomic mass is 79.9. The average molecular weight is 231 g/mol. The Bertz CT molecular complexity index is 254. The smallest absolute Gasteiger partial charge is 0.132 e. The summed E-state index contributed by atoms with van der Waals surface area (Å²) in [7, 11) is 0. The van der Waals surface area contributed by atoms with Gasteiger partial charge in [-0.15, -0.1) is 0 Å². The lowest BCUT2D eigenvalue weighted by Crippen LogP contribution is -2.07. The lowest BCUT2D eigenvalue weighted by atomic mass is 10.0. The standard InChI is InChI=1S/C9H11BrO2/c1-6(7(2)10)9(11)8-4-3-5-12-8/h3-6,9,11H,2H2,1H3/t6-,9+/m1/s1. The third-order valence-corrected chi connectivity index (χ3v) is 2.52. The molecule has 2 nitrogen and oxygen atoms in total. The molecule has 0 radical (unpaired) electrons. The van der Waals surface area contributed by atoms with Crippen molar-refractivity contribution in [2.24, 2.45) is 5.92 Å². The van der Waals surface area contributed by atoms with E-state index in [0.717, 1.165) is 4.48 Å². The maximum atomic E-state index is 9.66. The van der Waals surface area contributed by atoms with E-state index in [1.54, 1.807) is 18.4 Å². The van der Waals surface area contributed by atoms with Crippen LogP contribution in [0.2, 0.25) is 0 Å². The van der Waals surface area contributed by atoms with Crippen LogP contribution < -0.4 is 0 Å². The third kappa shape index (κ3) is 1.99. The molecule has 0 amide bonds. The lowest BCUT2D eigenvalue weighted by molar-refractivity contribution is 0.113. The molecule has 1 aromatic heterocycles. The van der Waals surface area contributed by atoms with Crippen molar-refractivity contribution < 1.29 is 9.52 Å². The van der Waals surface area contributed by atoms with E-state index in [1.165, 1.54) is 0 Å². The van der Waals surface area contributed by atoms with Crippen molar-refractivity contribution in [3.63, 3.8) is 0 Å². The Kier molecular flexibility index (Phi) is 3.12. The zero-order valence-corrected chi connectivity index (χ0v) is 8.41. The van der Waals surface area contributed by atoms with Crippen LogP contribution in [-0.4, -0.2) is 5.11 Å². The van der Waals surface area contributed by atoms with Gasteiger partial charge in [0.05, 0.1) is 6.26 Å². The zero-order valence-electron chi connectivity index (χ0n) is 6.83. The van der Waals surface area contributed by atoms with Gasteiger partial charge in [0.25, 0.3) is 0 Å². The van der Waals surface area contributed by atoms with Gasteiger partial charge in [0.2, 0.25) is 0 Å². The highest BCUT2D eigenvalue weighted by molar-refractivity contribution is 9.11. The van der Waals surface area contributed by atoms with Gasteiger partial charge in [0.15, 0.2) is 0 Å². The van der Waals surface area contributed by atoms with Crippen LogP contribution in [0.4, 0.5) is 0 Å². The number of hydrogen-bond donors (Lipinski definition) is 1. The van der Waals surface area contributed by atoms with E-state index in [-0.39, 0.29) is 5.92 Å². The molecule has 2 atom stereocenters. The van der Waals surface area contributed by atoms with Crippen molar-refractivity contribution in [3.05, 3.63) is 35.2 Å². The Hall–Kier alpha value is -0.540. The fraction of sp³-hybridized carbons (Fsp3) is 0.333. The second kappa shape index (κ2) is 3.92. The molecule has 0 aliphatic rings. The van der Waals surface area contributed by atoms with Crippen LogP contribution in [0.5, 0.6) is 0 Å². The van der Waals surface area contributed by atoms with E-state index in [9.17, 15) is 5.11 Å². The van der Waals surface area contributed by atoms with E-state index >= 15 is 0 Å². The highest BCUT2D eigenvalue weighted by Gasteiger charge is 2.19. The maximum Gasteiger partial charge on any atom is 0.132 e. The number of hydrogen-bond acceptors (Lipinski definition) is 2. The maximum absolute atomic E-state index is 9.66. The predicted octanol–water partition coefficient (Wildman–Crippen LogP) is 2.86. The molecule has 0 unspecified atom stereocenters. The Labute approximate surface area is 80.0 Å². The molecule has 1 N–H and O–H groups in total. The van der Waals surface area contributed by atoms with Gasteiger partial charge in [0, 0.05) is 5.92 Å². The molecule has 66 valence electrons. The molecule has 0 fully saturated rings. The first-order valence-corrected chi connectivity index (χ1v) is 4.48. The van der Waals surface area contributed by atoms with Crippen LogP contribution in [0.25, 0.3) is 0 Å². The molecular weight excluding hydrogens is 220 g/mol. The van der Waals surface area contributed by atoms with E-state index < -0.39 is 6.10 Å². The monoisotopic (exact) mass is 230 g/mol. The Morgan fingerprint density at radius 3 is 2.83 bits per heavy atom. The molecule has 0 aromatic carbocycles. The number of halogens is 1. The van der Waals surface area contributed by atoms with Crippen molar-refractivity contribution in [1.29, 1.82) is 0 Å². The molecule has 0 aliphatic carbocycles. The molecule has 1 rings (SSSR count). The molecule has 12 heavy (non-hydrogen) atoms. The third-order valence-electron chi connectivity index (χ3n) is 1.80. The summed E-state index contributed by atoms with van der Waals surface area (Å²) in [6.07, 6.45) is 0.925. The largest absolute Gasteiger partial charge is 0.467 e. The summed E-state index contributed by atoms with van der Waals surface area (Å²) in [6, 6.07) is 3.50. The summed E-state index contributed by atoms with van der Waals surface area (Å²) in [5.74, 6) is 0.527. The predicted molar refractivity (Wildman–Crippen MR) is 50.9 cm³/mol. The molecule has 1 aromatic rings. The van der Waals surface area contributed by atoms with E-state index in [2.05, 4.69) is 22.5 Å². The molecular formula is C9H11BrO2. The first-order chi connectivity index (χ1) is 5.63. The van der Waals surface area contributed by atoms with E-state index in [0.29, 0.717) is 5.76 Å². The minimum atomic E-state index is -0.619. The number of furan rings is 1. The van der Waals surface area contributed by atoms with E-state index in [4.69, 9.17) is 4.42 Å². The second-order valence-electron chi connectivity index (χ2n) is 2.70. The number of aliphatic hydroxyl groups is 1. The highest BCUT2D eigenvalue weighted by Crippen LogP contribution is 2.29. The van der Waals surface area contributed by atoms with Gasteiger partial charge in [-0.1, -0.05) is 29.4 Å². The quantitative estimate of drug-likeness (QED) is 0.867. The van der Waals surface area contributed by atoms with Crippen molar-refractivity contribution in [2.45, 2.75) is 13.0 Å². The molecule has 0 bridgehead atoms. The summed E-state index contributed by atoms with van der Waals surface area (Å²) in [5, 5.41) is 9.66. The number of aliphatic hydroxyl groups excluding tert-OH is 1. The normalized spacial score (nSPS) is 15.6. The number of rotatable bonds is 3. The first-order valence-electron chi connectivity index (χ1n) is 3.68. The minimum absolute atomic E-state index is 0.0452. The van der Waals surface area contributed by atoms with Crippen LogP contribution in [-0.2, 0) is 0 Å². The van der Waals surface area contributed by atoms with Crippen LogP contribution in [0, 0.1) is 5.92 Å². The van der Waals surface area contributed by atoms with Crippen LogP contribution in [0.1, 0.15) is 18.8 Å². The van der Waals surface area contributed by atoms with Crippen molar-refractivity contribution in [1.82, 2.24) is 0 Å². The minimum Gasteiger partial charge on any atom is -0.467 e. The fourth-order valence-corrected chi connectivity index (χ4v) is 1.13. The van der Waals surface area contributed by atoms with Gasteiger partial charge in [-0.05, 0) is 16.6 Å². The Balaban J connectivity index is 2.71.